The SMILES string of the molecule is CCOC(=O)c1c(-c2ccccc2)[nH]c(-c2ccccc2)c1NS(=O)(=O)c1ccc(C)cc1. The number of aryl methyl sites for hydroxylation is 1. The molecule has 7 heteroatoms. The molecule has 0 saturated carbocycles. The predicted molar refractivity (Wildman–Crippen MR) is 130 cm³/mol. The van der Waals surface area contributed by atoms with Crippen molar-refractivity contribution in [3.63, 3.8) is 0 Å². The first-order valence-electron chi connectivity index (χ1n) is 10.5. The molecule has 4 rings (SSSR count). The van der Waals surface area contributed by atoms with E-state index in [2.05, 4.69) is 9.71 Å². The first-order chi connectivity index (χ1) is 15.9. The van der Waals surface area contributed by atoms with E-state index >= 15 is 0 Å². The molecule has 0 atom stereocenters. The molecule has 0 radical (unpaired) electrons. The fourth-order valence-corrected chi connectivity index (χ4v) is 4.65. The number of carbonyl (C=O) groups excluding carboxylic acids is 1. The van der Waals surface area contributed by atoms with E-state index in [0.717, 1.165) is 16.7 Å². The number of benzene rings is 3. The number of nitrogens with one attached hydrogen (secondary N) is 2. The van der Waals surface area contributed by atoms with Crippen molar-refractivity contribution in [3.8, 4) is 22.5 Å². The summed E-state index contributed by atoms with van der Waals surface area (Å²) in [6.45, 7) is 3.75. The maximum absolute atomic E-state index is 13.3. The largest absolute Gasteiger partial charge is 0.462 e. The van der Waals surface area contributed by atoms with Crippen LogP contribution in [-0.4, -0.2) is 26.0 Å². The van der Waals surface area contributed by atoms with Gasteiger partial charge in [-0.2, -0.15) is 0 Å². The number of ether oxygens (including phenoxy) is 1. The van der Waals surface area contributed by atoms with E-state index in [4.69, 9.17) is 4.74 Å². The van der Waals surface area contributed by atoms with Crippen molar-refractivity contribution < 1.29 is 17.9 Å². The quantitative estimate of drug-likeness (QED) is 0.350. The Morgan fingerprint density at radius 3 is 1.94 bits per heavy atom. The summed E-state index contributed by atoms with van der Waals surface area (Å²) in [7, 11) is -3.98. The van der Waals surface area contributed by atoms with E-state index in [1.54, 1.807) is 19.1 Å². The third-order valence-electron chi connectivity index (χ3n) is 5.17. The normalized spacial score (nSPS) is 11.2. The number of aromatic nitrogens is 1. The molecule has 0 fully saturated rings. The van der Waals surface area contributed by atoms with Crippen molar-refractivity contribution >= 4 is 21.7 Å². The van der Waals surface area contributed by atoms with Gasteiger partial charge in [-0.1, -0.05) is 78.4 Å². The number of rotatable bonds is 7. The lowest BCUT2D eigenvalue weighted by Crippen LogP contribution is -2.16. The molecule has 6 nitrogen and oxygen atoms in total. The summed E-state index contributed by atoms with van der Waals surface area (Å²) in [4.78, 5) is 16.5. The lowest BCUT2D eigenvalue weighted by atomic mass is 10.1. The first kappa shape index (κ1) is 22.4. The van der Waals surface area contributed by atoms with Crippen LogP contribution in [0.5, 0.6) is 0 Å². The highest BCUT2D eigenvalue weighted by Gasteiger charge is 2.29. The third-order valence-corrected chi connectivity index (χ3v) is 6.54. The van der Waals surface area contributed by atoms with Gasteiger partial charge in [0.15, 0.2) is 0 Å². The molecule has 2 N–H and O–H groups in total. The standard InChI is InChI=1S/C26H24N2O4S/c1-3-32-26(29)22-23(19-10-6-4-7-11-19)27-24(20-12-8-5-9-13-20)25(22)28-33(30,31)21-16-14-18(2)15-17-21/h4-17,27-28H,3H2,1-2H3. The Morgan fingerprint density at radius 1 is 0.848 bits per heavy atom. The van der Waals surface area contributed by atoms with Gasteiger partial charge in [0.1, 0.15) is 5.56 Å². The van der Waals surface area contributed by atoms with Crippen LogP contribution in [0.1, 0.15) is 22.8 Å². The molecule has 168 valence electrons. The second-order valence-electron chi connectivity index (χ2n) is 7.50. The Morgan fingerprint density at radius 2 is 1.39 bits per heavy atom. The number of anilines is 1. The van der Waals surface area contributed by atoms with Crippen LogP contribution in [-0.2, 0) is 14.8 Å². The van der Waals surface area contributed by atoms with Gasteiger partial charge in [0, 0.05) is 5.56 Å². The summed E-state index contributed by atoms with van der Waals surface area (Å²) in [6, 6.07) is 25.1. The van der Waals surface area contributed by atoms with Crippen LogP contribution in [0.4, 0.5) is 5.69 Å². The lowest BCUT2D eigenvalue weighted by Gasteiger charge is -2.12. The van der Waals surface area contributed by atoms with Crippen molar-refractivity contribution in [1.29, 1.82) is 0 Å². The number of aromatic amines is 1. The van der Waals surface area contributed by atoms with Crippen LogP contribution >= 0.6 is 0 Å². The topological polar surface area (TPSA) is 88.3 Å². The summed E-state index contributed by atoms with van der Waals surface area (Å²) in [6.07, 6.45) is 0. The summed E-state index contributed by atoms with van der Waals surface area (Å²) >= 11 is 0. The molecule has 0 aliphatic heterocycles. The van der Waals surface area contributed by atoms with Crippen LogP contribution in [0.15, 0.2) is 89.8 Å². The van der Waals surface area contributed by atoms with Gasteiger partial charge < -0.3 is 9.72 Å². The molecule has 1 heterocycles. The van der Waals surface area contributed by atoms with Crippen molar-refractivity contribution in [3.05, 3.63) is 96.1 Å². The van der Waals surface area contributed by atoms with Crippen molar-refractivity contribution in [1.82, 2.24) is 4.98 Å². The summed E-state index contributed by atoms with van der Waals surface area (Å²) in [5.41, 5.74) is 3.66. The van der Waals surface area contributed by atoms with Gasteiger partial charge in [-0.25, -0.2) is 13.2 Å². The Balaban J connectivity index is 1.95. The zero-order chi connectivity index (χ0) is 23.4. The minimum Gasteiger partial charge on any atom is -0.462 e. The van der Waals surface area contributed by atoms with E-state index in [-0.39, 0.29) is 22.8 Å². The van der Waals surface area contributed by atoms with E-state index in [1.807, 2.05) is 67.6 Å². The van der Waals surface area contributed by atoms with E-state index in [0.29, 0.717) is 11.4 Å². The summed E-state index contributed by atoms with van der Waals surface area (Å²) < 4.78 is 34.6. The number of hydrogen-bond acceptors (Lipinski definition) is 4. The minimum atomic E-state index is -3.98. The van der Waals surface area contributed by atoms with E-state index < -0.39 is 16.0 Å². The second kappa shape index (κ2) is 9.34. The zero-order valence-corrected chi connectivity index (χ0v) is 19.1. The molecule has 0 saturated heterocycles. The Labute approximate surface area is 193 Å². The highest BCUT2D eigenvalue weighted by atomic mass is 32.2. The van der Waals surface area contributed by atoms with E-state index in [9.17, 15) is 13.2 Å². The third kappa shape index (κ3) is 4.68. The van der Waals surface area contributed by atoms with Crippen LogP contribution in [0.2, 0.25) is 0 Å². The summed E-state index contributed by atoms with van der Waals surface area (Å²) in [5.74, 6) is -0.614. The average Bonchev–Trinajstić information content (AvgIpc) is 3.19. The molecule has 0 spiro atoms. The average molecular weight is 461 g/mol. The van der Waals surface area contributed by atoms with Gasteiger partial charge in [-0.15, -0.1) is 0 Å². The minimum absolute atomic E-state index is 0.101. The molecule has 0 unspecified atom stereocenters. The molecule has 1 aromatic heterocycles. The Kier molecular flexibility index (Phi) is 6.33. The molecule has 0 aliphatic rings. The molecular weight excluding hydrogens is 436 g/mol. The van der Waals surface area contributed by atoms with Crippen LogP contribution < -0.4 is 4.72 Å². The zero-order valence-electron chi connectivity index (χ0n) is 18.3. The van der Waals surface area contributed by atoms with E-state index in [1.165, 1.54) is 12.1 Å². The molecule has 0 bridgehead atoms. The number of carbonyl (C=O) groups is 1. The molecule has 3 aromatic carbocycles. The van der Waals surface area contributed by atoms with Crippen molar-refractivity contribution in [2.75, 3.05) is 11.3 Å². The van der Waals surface area contributed by atoms with Crippen LogP contribution in [0, 0.1) is 6.92 Å². The highest BCUT2D eigenvalue weighted by Crippen LogP contribution is 2.39. The number of sulfonamides is 1. The van der Waals surface area contributed by atoms with Gasteiger partial charge >= 0.3 is 5.97 Å². The van der Waals surface area contributed by atoms with Gasteiger partial charge in [0.05, 0.1) is 28.6 Å². The van der Waals surface area contributed by atoms with Crippen molar-refractivity contribution in [2.45, 2.75) is 18.7 Å². The predicted octanol–water partition coefficient (Wildman–Crippen LogP) is 5.63. The monoisotopic (exact) mass is 460 g/mol. The first-order valence-corrected chi connectivity index (χ1v) is 12.0. The molecular formula is C26H24N2O4S. The van der Waals surface area contributed by atoms with Crippen molar-refractivity contribution in [2.24, 2.45) is 0 Å². The maximum atomic E-state index is 13.3. The summed E-state index contributed by atoms with van der Waals surface area (Å²) in [5, 5.41) is 0. The van der Waals surface area contributed by atoms with Crippen LogP contribution in [0.25, 0.3) is 22.5 Å². The maximum Gasteiger partial charge on any atom is 0.342 e. The molecule has 33 heavy (non-hydrogen) atoms. The number of H-pyrrole nitrogens is 1. The van der Waals surface area contributed by atoms with Gasteiger partial charge in [-0.05, 0) is 31.5 Å². The van der Waals surface area contributed by atoms with Gasteiger partial charge in [0.2, 0.25) is 0 Å². The number of hydrogen-bond donors (Lipinski definition) is 2. The molecule has 4 aromatic rings. The smallest absolute Gasteiger partial charge is 0.342 e. The Bertz CT molecular complexity index is 1360. The van der Waals surface area contributed by atoms with Crippen LogP contribution in [0.3, 0.4) is 0 Å². The fraction of sp³-hybridized carbons (Fsp3) is 0.115. The van der Waals surface area contributed by atoms with Gasteiger partial charge in [-0.3, -0.25) is 4.72 Å². The molecule has 0 amide bonds. The highest BCUT2D eigenvalue weighted by molar-refractivity contribution is 7.92. The lowest BCUT2D eigenvalue weighted by molar-refractivity contribution is 0.0528. The Hall–Kier alpha value is -3.84. The van der Waals surface area contributed by atoms with Gasteiger partial charge in [0.25, 0.3) is 10.0 Å². The number of esters is 1. The fourth-order valence-electron chi connectivity index (χ4n) is 3.56. The second-order valence-corrected chi connectivity index (χ2v) is 9.18. The molecule has 0 aliphatic carbocycles.